The van der Waals surface area contributed by atoms with Crippen molar-refractivity contribution in [2.24, 2.45) is 10.9 Å². The normalized spacial score (nSPS) is 13.0. The molecule has 0 saturated carbocycles. The highest BCUT2D eigenvalue weighted by atomic mass is 127. The van der Waals surface area contributed by atoms with Crippen molar-refractivity contribution in [3.63, 3.8) is 0 Å². The summed E-state index contributed by atoms with van der Waals surface area (Å²) < 4.78 is 13.4. The van der Waals surface area contributed by atoms with E-state index in [0.717, 1.165) is 24.6 Å². The van der Waals surface area contributed by atoms with Crippen LogP contribution >= 0.6 is 24.0 Å². The zero-order chi connectivity index (χ0) is 16.5. The number of aliphatic imine (C=N–C) groups is 1. The predicted molar refractivity (Wildman–Crippen MR) is 107 cm³/mol. The first kappa shape index (κ1) is 22.1. The molecule has 0 heterocycles. The zero-order valence-corrected chi connectivity index (χ0v) is 17.1. The molecular formula is C17H30FIN4. The maximum Gasteiger partial charge on any atom is 0.191 e. The zero-order valence-electron chi connectivity index (χ0n) is 14.8. The molecule has 1 aromatic rings. The lowest BCUT2D eigenvalue weighted by molar-refractivity contribution is 0.297. The number of hydrogen-bond donors (Lipinski definition) is 2. The Morgan fingerprint density at radius 1 is 1.26 bits per heavy atom. The van der Waals surface area contributed by atoms with Gasteiger partial charge < -0.3 is 15.5 Å². The van der Waals surface area contributed by atoms with Gasteiger partial charge in [-0.05, 0) is 44.6 Å². The first-order valence-electron chi connectivity index (χ1n) is 7.88. The minimum Gasteiger partial charge on any atom is -0.357 e. The number of nitrogens with one attached hydrogen (secondary N) is 2. The van der Waals surface area contributed by atoms with Crippen molar-refractivity contribution in [3.05, 3.63) is 35.6 Å². The van der Waals surface area contributed by atoms with Gasteiger partial charge in [0.2, 0.25) is 0 Å². The number of guanidine groups is 1. The van der Waals surface area contributed by atoms with E-state index in [9.17, 15) is 4.39 Å². The largest absolute Gasteiger partial charge is 0.357 e. The Morgan fingerprint density at radius 2 is 1.96 bits per heavy atom. The maximum atomic E-state index is 13.4. The van der Waals surface area contributed by atoms with Crippen LogP contribution in [0.15, 0.2) is 29.3 Å². The fourth-order valence-corrected chi connectivity index (χ4v) is 2.12. The van der Waals surface area contributed by atoms with Gasteiger partial charge in [0.15, 0.2) is 5.96 Å². The van der Waals surface area contributed by atoms with Crippen molar-refractivity contribution in [2.75, 3.05) is 33.7 Å². The second-order valence-corrected chi connectivity index (χ2v) is 6.03. The van der Waals surface area contributed by atoms with Gasteiger partial charge in [-0.3, -0.25) is 4.99 Å². The molecule has 1 atom stereocenters. The van der Waals surface area contributed by atoms with Crippen LogP contribution in [-0.4, -0.2) is 44.6 Å². The van der Waals surface area contributed by atoms with Crippen LogP contribution in [0.25, 0.3) is 0 Å². The molecule has 132 valence electrons. The average molecular weight is 436 g/mol. The number of benzene rings is 1. The molecular weight excluding hydrogens is 406 g/mol. The van der Waals surface area contributed by atoms with Crippen LogP contribution in [0.5, 0.6) is 0 Å². The number of hydrogen-bond acceptors (Lipinski definition) is 2. The predicted octanol–water partition coefficient (Wildman–Crippen LogP) is 3.26. The summed E-state index contributed by atoms with van der Waals surface area (Å²) in [6, 6.07) is 6.84. The van der Waals surface area contributed by atoms with Crippen molar-refractivity contribution >= 4 is 29.9 Å². The summed E-state index contributed by atoms with van der Waals surface area (Å²) in [6.07, 6.45) is 0. The van der Waals surface area contributed by atoms with E-state index in [1.165, 1.54) is 6.07 Å². The van der Waals surface area contributed by atoms with Crippen LogP contribution < -0.4 is 10.6 Å². The molecule has 0 radical (unpaired) electrons. The molecule has 0 aromatic heterocycles. The fourth-order valence-electron chi connectivity index (χ4n) is 2.12. The van der Waals surface area contributed by atoms with Crippen LogP contribution in [0.3, 0.4) is 0 Å². The molecule has 1 unspecified atom stereocenters. The van der Waals surface area contributed by atoms with Gasteiger partial charge >= 0.3 is 0 Å². The van der Waals surface area contributed by atoms with Gasteiger partial charge in [-0.25, -0.2) is 4.39 Å². The average Bonchev–Trinajstić information content (AvgIpc) is 2.44. The van der Waals surface area contributed by atoms with Gasteiger partial charge in [-0.1, -0.05) is 26.0 Å². The summed E-state index contributed by atoms with van der Waals surface area (Å²) in [5.74, 6) is 1.12. The highest BCUT2D eigenvalue weighted by Crippen LogP contribution is 2.18. The molecule has 0 aliphatic rings. The molecule has 0 aliphatic heterocycles. The van der Waals surface area contributed by atoms with Crippen molar-refractivity contribution in [1.82, 2.24) is 15.5 Å². The molecule has 4 nitrogen and oxygen atoms in total. The van der Waals surface area contributed by atoms with Crippen LogP contribution in [0, 0.1) is 11.7 Å². The summed E-state index contributed by atoms with van der Waals surface area (Å²) in [5, 5.41) is 6.59. The summed E-state index contributed by atoms with van der Waals surface area (Å²) in [4.78, 5) is 6.63. The topological polar surface area (TPSA) is 39.7 Å². The van der Waals surface area contributed by atoms with Crippen LogP contribution in [0.2, 0.25) is 0 Å². The second kappa shape index (κ2) is 11.6. The highest BCUT2D eigenvalue weighted by molar-refractivity contribution is 14.0. The van der Waals surface area contributed by atoms with Gasteiger partial charge in [0.05, 0.1) is 6.04 Å². The molecule has 0 saturated heterocycles. The Balaban J connectivity index is 0.00000484. The second-order valence-electron chi connectivity index (χ2n) is 6.03. The van der Waals surface area contributed by atoms with Gasteiger partial charge in [-0.2, -0.15) is 0 Å². The van der Waals surface area contributed by atoms with E-state index in [-0.39, 0.29) is 35.8 Å². The molecule has 0 fully saturated rings. The minimum atomic E-state index is -0.204. The van der Waals surface area contributed by atoms with E-state index in [2.05, 4.69) is 34.4 Å². The summed E-state index contributed by atoms with van der Waals surface area (Å²) in [7, 11) is 3.99. The first-order chi connectivity index (χ1) is 10.4. The molecule has 1 aromatic carbocycles. The molecule has 2 N–H and O–H groups in total. The number of halogens is 2. The van der Waals surface area contributed by atoms with E-state index >= 15 is 0 Å². The lowest BCUT2D eigenvalue weighted by Crippen LogP contribution is -2.42. The Morgan fingerprint density at radius 3 is 2.48 bits per heavy atom. The van der Waals surface area contributed by atoms with Gasteiger partial charge in [0, 0.05) is 19.6 Å². The Labute approximate surface area is 157 Å². The maximum absolute atomic E-state index is 13.4. The number of nitrogens with zero attached hydrogens (tertiary/aromatic N) is 2. The van der Waals surface area contributed by atoms with E-state index in [1.54, 1.807) is 12.1 Å². The summed E-state index contributed by atoms with van der Waals surface area (Å²) >= 11 is 0. The fraction of sp³-hybridized carbons (Fsp3) is 0.588. The van der Waals surface area contributed by atoms with Crippen LogP contribution in [0.1, 0.15) is 32.4 Å². The Bertz CT molecular complexity index is 477. The van der Waals surface area contributed by atoms with Gasteiger partial charge in [0.25, 0.3) is 0 Å². The van der Waals surface area contributed by atoms with Crippen molar-refractivity contribution in [2.45, 2.75) is 26.8 Å². The third-order valence-corrected chi connectivity index (χ3v) is 3.28. The summed E-state index contributed by atoms with van der Waals surface area (Å²) in [6.45, 7) is 8.59. The quantitative estimate of drug-likeness (QED) is 0.392. The molecule has 0 aliphatic carbocycles. The SMILES string of the molecule is CCNC(=NCC(C)C)NCC(c1cccc(F)c1)N(C)C.I. The lowest BCUT2D eigenvalue weighted by Gasteiger charge is -2.26. The summed E-state index contributed by atoms with van der Waals surface area (Å²) in [5.41, 5.74) is 0.956. The van der Waals surface area contributed by atoms with Gasteiger partial charge in [-0.15, -0.1) is 24.0 Å². The van der Waals surface area contributed by atoms with E-state index in [4.69, 9.17) is 0 Å². The molecule has 6 heteroatoms. The van der Waals surface area contributed by atoms with E-state index < -0.39 is 0 Å². The smallest absolute Gasteiger partial charge is 0.191 e. The lowest BCUT2D eigenvalue weighted by atomic mass is 10.1. The standard InChI is InChI=1S/C17H29FN4.HI/c1-6-19-17(20-11-13(2)3)21-12-16(22(4)5)14-8-7-9-15(18)10-14;/h7-10,13,16H,6,11-12H2,1-5H3,(H2,19,20,21);1H. The Kier molecular flexibility index (Phi) is 11.2. The third kappa shape index (κ3) is 8.50. The van der Waals surface area contributed by atoms with E-state index in [0.29, 0.717) is 12.5 Å². The molecule has 0 spiro atoms. The van der Waals surface area contributed by atoms with Crippen LogP contribution in [0.4, 0.5) is 4.39 Å². The van der Waals surface area contributed by atoms with E-state index in [1.807, 2.05) is 27.1 Å². The number of likely N-dealkylation sites (N-methyl/N-ethyl adjacent to an activating group) is 1. The van der Waals surface area contributed by atoms with Gasteiger partial charge in [0.1, 0.15) is 5.82 Å². The number of rotatable bonds is 7. The highest BCUT2D eigenvalue weighted by Gasteiger charge is 2.15. The molecule has 23 heavy (non-hydrogen) atoms. The molecule has 0 amide bonds. The van der Waals surface area contributed by atoms with Crippen molar-refractivity contribution < 1.29 is 4.39 Å². The van der Waals surface area contributed by atoms with Crippen molar-refractivity contribution in [1.29, 1.82) is 0 Å². The molecule has 0 bridgehead atoms. The molecule has 1 rings (SSSR count). The minimum absolute atomic E-state index is 0. The first-order valence-corrected chi connectivity index (χ1v) is 7.88. The van der Waals surface area contributed by atoms with Crippen molar-refractivity contribution in [3.8, 4) is 0 Å². The van der Waals surface area contributed by atoms with Crippen LogP contribution in [-0.2, 0) is 0 Å². The Hall–Kier alpha value is -0.890. The third-order valence-electron chi connectivity index (χ3n) is 3.28. The monoisotopic (exact) mass is 436 g/mol.